The van der Waals surface area contributed by atoms with Gasteiger partial charge in [0.25, 0.3) is 5.56 Å². The Morgan fingerprint density at radius 2 is 1.45 bits per heavy atom. The van der Waals surface area contributed by atoms with Gasteiger partial charge in [-0.2, -0.15) is 0 Å². The maximum absolute atomic E-state index is 13.0. The zero-order valence-electron chi connectivity index (χ0n) is 31.1. The van der Waals surface area contributed by atoms with Crippen LogP contribution < -0.4 is 15.2 Å². The number of pyridine rings is 1. The summed E-state index contributed by atoms with van der Waals surface area (Å²) < 4.78 is 13.3. The quantitative estimate of drug-likeness (QED) is 0.0901. The molecule has 3 aromatic rings. The highest BCUT2D eigenvalue weighted by Crippen LogP contribution is 2.33. The van der Waals surface area contributed by atoms with Gasteiger partial charge in [0.15, 0.2) is 6.73 Å². The number of carbonyl (C=O) groups excluding carboxylic acids is 1. The lowest BCUT2D eigenvalue weighted by molar-refractivity contribution is 0.0770. The molecule has 0 atom stereocenters. The molecule has 0 unspecified atom stereocenters. The van der Waals surface area contributed by atoms with E-state index in [0.717, 1.165) is 69.5 Å². The molecule has 282 valence electrons. The first-order chi connectivity index (χ1) is 24.9. The third-order valence-corrected chi connectivity index (χ3v) is 10.8. The van der Waals surface area contributed by atoms with Gasteiger partial charge in [-0.1, -0.05) is 107 Å². The molecule has 0 aliphatic carbocycles. The monoisotopic (exact) mass is 742 g/mol. The van der Waals surface area contributed by atoms with E-state index in [0.29, 0.717) is 41.0 Å². The number of rotatable bonds is 23. The first-order valence-corrected chi connectivity index (χ1v) is 20.3. The number of benzene rings is 2. The van der Waals surface area contributed by atoms with E-state index in [-0.39, 0.29) is 18.4 Å². The van der Waals surface area contributed by atoms with Crippen molar-refractivity contribution >= 4 is 45.9 Å². The molecule has 2 heterocycles. The Labute approximate surface area is 316 Å². The number of nitrogens with zero attached hydrogens (tertiary/aromatic N) is 4. The van der Waals surface area contributed by atoms with Crippen LogP contribution in [0.1, 0.15) is 104 Å². The highest BCUT2D eigenvalue weighted by molar-refractivity contribution is 6.43. The minimum Gasteiger partial charge on any atom is -0.494 e. The molecule has 1 aromatic heterocycles. The molecule has 0 spiro atoms. The van der Waals surface area contributed by atoms with Gasteiger partial charge in [0.1, 0.15) is 5.75 Å². The summed E-state index contributed by atoms with van der Waals surface area (Å²) in [6, 6.07) is 14.9. The van der Waals surface area contributed by atoms with Crippen molar-refractivity contribution in [2.45, 2.75) is 110 Å². The molecule has 4 rings (SSSR count). The molecule has 1 aliphatic rings. The van der Waals surface area contributed by atoms with E-state index in [1.165, 1.54) is 74.8 Å². The Hall–Kier alpha value is -2.94. The van der Waals surface area contributed by atoms with Crippen LogP contribution in [0.25, 0.3) is 10.9 Å². The number of ether oxygens (including phenoxy) is 2. The Morgan fingerprint density at radius 1 is 0.784 bits per heavy atom. The largest absolute Gasteiger partial charge is 0.494 e. The first-order valence-electron chi connectivity index (χ1n) is 19.5. The summed E-state index contributed by atoms with van der Waals surface area (Å²) in [5, 5.41) is 2.10. The molecule has 1 aliphatic heterocycles. The molecule has 0 radical (unpaired) electrons. The summed E-state index contributed by atoms with van der Waals surface area (Å²) in [6.07, 6.45) is 16.9. The minimum absolute atomic E-state index is 0.135. The molecular weight excluding hydrogens is 683 g/mol. The van der Waals surface area contributed by atoms with Crippen molar-refractivity contribution in [2.24, 2.45) is 0 Å². The van der Waals surface area contributed by atoms with Gasteiger partial charge in [-0.05, 0) is 68.4 Å². The van der Waals surface area contributed by atoms with Gasteiger partial charge in [0, 0.05) is 51.4 Å². The lowest BCUT2D eigenvalue weighted by Gasteiger charge is -2.36. The van der Waals surface area contributed by atoms with Crippen LogP contribution in [0.4, 0.5) is 10.5 Å². The SMILES string of the molecule is CCCCCCCCCCCCCCN(CC)C(=O)OCn1c(=O)ccc2ccc(OCCCCN3CCN(c4cccc(Cl)c4Cl)CC3)cc21. The molecule has 2 aromatic carbocycles. The maximum atomic E-state index is 13.0. The van der Waals surface area contributed by atoms with Gasteiger partial charge < -0.3 is 19.3 Å². The van der Waals surface area contributed by atoms with Crippen molar-refractivity contribution in [2.75, 3.05) is 57.3 Å². The highest BCUT2D eigenvalue weighted by Gasteiger charge is 2.19. The Balaban J connectivity index is 1.14. The highest BCUT2D eigenvalue weighted by atomic mass is 35.5. The number of aromatic nitrogens is 1. The van der Waals surface area contributed by atoms with Crippen molar-refractivity contribution in [3.63, 3.8) is 0 Å². The average molecular weight is 744 g/mol. The van der Waals surface area contributed by atoms with Crippen molar-refractivity contribution in [3.8, 4) is 5.75 Å². The van der Waals surface area contributed by atoms with E-state index in [1.54, 1.807) is 11.0 Å². The first kappa shape index (κ1) is 40.8. The number of hydrogen-bond donors (Lipinski definition) is 0. The van der Waals surface area contributed by atoms with Gasteiger partial charge in [-0.25, -0.2) is 4.79 Å². The normalized spacial score (nSPS) is 13.5. The van der Waals surface area contributed by atoms with E-state index in [2.05, 4.69) is 16.7 Å². The van der Waals surface area contributed by atoms with Crippen LogP contribution in [-0.4, -0.2) is 72.9 Å². The number of halogens is 2. The zero-order valence-corrected chi connectivity index (χ0v) is 32.6. The van der Waals surface area contributed by atoms with Crippen LogP contribution in [0.2, 0.25) is 10.0 Å². The minimum atomic E-state index is -0.383. The average Bonchev–Trinajstić information content (AvgIpc) is 3.14. The molecule has 51 heavy (non-hydrogen) atoms. The maximum Gasteiger partial charge on any atom is 0.411 e. The van der Waals surface area contributed by atoms with Crippen LogP contribution in [0.3, 0.4) is 0 Å². The predicted octanol–water partition coefficient (Wildman–Crippen LogP) is 10.4. The number of unbranched alkanes of at least 4 members (excludes halogenated alkanes) is 12. The number of anilines is 1. The summed E-state index contributed by atoms with van der Waals surface area (Å²) >= 11 is 12.6. The van der Waals surface area contributed by atoms with Crippen LogP contribution in [-0.2, 0) is 11.5 Å². The predicted molar refractivity (Wildman–Crippen MR) is 213 cm³/mol. The topological polar surface area (TPSA) is 67.2 Å². The molecule has 0 N–H and O–H groups in total. The standard InChI is InChI=1S/C41H60Cl2N4O4/c1-3-5-6-7-8-9-10-11-12-13-14-15-26-45(4-2)41(49)51-33-47-38-32-35(23-21-34(38)22-24-39(47)48)50-31-17-16-25-44-27-29-46(30-28-44)37-20-18-19-36(42)40(37)43/h18-24,32H,3-17,25-31,33H2,1-2H3. The zero-order chi connectivity index (χ0) is 36.3. The van der Waals surface area contributed by atoms with E-state index >= 15 is 0 Å². The molecule has 0 bridgehead atoms. The van der Waals surface area contributed by atoms with E-state index in [4.69, 9.17) is 32.7 Å². The lowest BCUT2D eigenvalue weighted by Crippen LogP contribution is -2.46. The lowest BCUT2D eigenvalue weighted by atomic mass is 10.1. The van der Waals surface area contributed by atoms with Gasteiger partial charge in [-0.15, -0.1) is 0 Å². The van der Waals surface area contributed by atoms with E-state index < -0.39 is 0 Å². The Kier molecular flexibility index (Phi) is 18.3. The summed E-state index contributed by atoms with van der Waals surface area (Å²) in [4.78, 5) is 32.3. The summed E-state index contributed by atoms with van der Waals surface area (Å²) in [5.41, 5.74) is 1.48. The molecule has 8 nitrogen and oxygen atoms in total. The van der Waals surface area contributed by atoms with Crippen molar-refractivity contribution in [3.05, 3.63) is 68.9 Å². The number of amides is 1. The van der Waals surface area contributed by atoms with Crippen LogP contribution >= 0.6 is 23.2 Å². The van der Waals surface area contributed by atoms with E-state index in [9.17, 15) is 9.59 Å². The molecule has 0 saturated carbocycles. The summed E-state index contributed by atoms with van der Waals surface area (Å²) in [6.45, 7) is 10.7. The van der Waals surface area contributed by atoms with Crippen molar-refractivity contribution < 1.29 is 14.3 Å². The summed E-state index contributed by atoms with van der Waals surface area (Å²) in [7, 11) is 0. The van der Waals surface area contributed by atoms with Crippen molar-refractivity contribution in [1.82, 2.24) is 14.4 Å². The fourth-order valence-corrected chi connectivity index (χ4v) is 7.22. The summed E-state index contributed by atoms with van der Waals surface area (Å²) in [5.74, 6) is 0.697. The van der Waals surface area contributed by atoms with Gasteiger partial charge in [0.05, 0.1) is 27.9 Å². The number of hydrogen-bond acceptors (Lipinski definition) is 6. The molecular formula is C41H60Cl2N4O4. The number of piperazine rings is 1. The smallest absolute Gasteiger partial charge is 0.411 e. The Morgan fingerprint density at radius 3 is 2.14 bits per heavy atom. The van der Waals surface area contributed by atoms with E-state index in [1.807, 2.05) is 43.3 Å². The second-order valence-corrected chi connectivity index (χ2v) is 14.6. The fourth-order valence-electron chi connectivity index (χ4n) is 6.80. The van der Waals surface area contributed by atoms with Crippen LogP contribution in [0.15, 0.2) is 53.3 Å². The van der Waals surface area contributed by atoms with Crippen LogP contribution in [0, 0.1) is 0 Å². The van der Waals surface area contributed by atoms with Gasteiger partial charge in [-0.3, -0.25) is 14.3 Å². The van der Waals surface area contributed by atoms with Gasteiger partial charge in [0.2, 0.25) is 0 Å². The molecule has 1 amide bonds. The molecule has 1 fully saturated rings. The Bertz CT molecular complexity index is 1530. The van der Waals surface area contributed by atoms with Gasteiger partial charge >= 0.3 is 6.09 Å². The molecule has 1 saturated heterocycles. The fraction of sp³-hybridized carbons (Fsp3) is 0.610. The number of fused-ring (bicyclic) bond motifs is 1. The number of carbonyl (C=O) groups is 1. The second kappa shape index (κ2) is 22.9. The van der Waals surface area contributed by atoms with Crippen LogP contribution in [0.5, 0.6) is 5.75 Å². The third-order valence-electron chi connectivity index (χ3n) is 9.98. The molecule has 10 heteroatoms. The van der Waals surface area contributed by atoms with Crippen molar-refractivity contribution in [1.29, 1.82) is 0 Å². The third kappa shape index (κ3) is 13.5. The second-order valence-electron chi connectivity index (χ2n) is 13.8.